The second-order valence-corrected chi connectivity index (χ2v) is 8.65. The molecule has 0 bridgehead atoms. The van der Waals surface area contributed by atoms with Crippen molar-refractivity contribution in [3.63, 3.8) is 0 Å². The van der Waals surface area contributed by atoms with Crippen molar-refractivity contribution in [2.24, 2.45) is 0 Å². The van der Waals surface area contributed by atoms with Crippen LogP contribution >= 0.6 is 11.3 Å². The van der Waals surface area contributed by atoms with Crippen LogP contribution in [0.2, 0.25) is 0 Å². The van der Waals surface area contributed by atoms with Crippen LogP contribution in [-0.2, 0) is 0 Å². The first-order valence-electron chi connectivity index (χ1n) is 10.6. The van der Waals surface area contributed by atoms with Crippen molar-refractivity contribution in [1.82, 2.24) is 20.6 Å². The lowest BCUT2D eigenvalue weighted by Gasteiger charge is -2.12. The number of anilines is 2. The van der Waals surface area contributed by atoms with Crippen LogP contribution in [-0.4, -0.2) is 42.1 Å². The smallest absolute Gasteiger partial charge is 0.254 e. The zero-order chi connectivity index (χ0) is 22.8. The third kappa shape index (κ3) is 4.37. The Morgan fingerprint density at radius 3 is 2.91 bits per heavy atom. The molecule has 0 spiro atoms. The minimum absolute atomic E-state index is 0.0140. The first-order valence-corrected chi connectivity index (χ1v) is 11.5. The number of carbonyl (C=O) groups is 1. The molecule has 1 fully saturated rings. The average Bonchev–Trinajstić information content (AvgIpc) is 3.48. The molecule has 1 amide bonds. The molecule has 7 nitrogen and oxygen atoms in total. The van der Waals surface area contributed by atoms with Crippen LogP contribution in [0.15, 0.2) is 54.0 Å². The van der Waals surface area contributed by atoms with Gasteiger partial charge in [-0.1, -0.05) is 18.2 Å². The number of para-hydroxylation sites is 1. The molecule has 33 heavy (non-hydrogen) atoms. The number of rotatable bonds is 6. The van der Waals surface area contributed by atoms with Gasteiger partial charge in [-0.05, 0) is 37.2 Å². The van der Waals surface area contributed by atoms with E-state index in [2.05, 4.69) is 25.9 Å². The van der Waals surface area contributed by atoms with Crippen LogP contribution in [0.3, 0.4) is 0 Å². The molecule has 0 saturated carbocycles. The first kappa shape index (κ1) is 21.3. The zero-order valence-electron chi connectivity index (χ0n) is 17.9. The molecule has 0 radical (unpaired) electrons. The van der Waals surface area contributed by atoms with E-state index in [4.69, 9.17) is 4.74 Å². The molecule has 1 aliphatic rings. The molecule has 9 heteroatoms. The van der Waals surface area contributed by atoms with Crippen LogP contribution in [0.5, 0.6) is 5.75 Å². The van der Waals surface area contributed by atoms with E-state index in [0.717, 1.165) is 40.1 Å². The van der Waals surface area contributed by atoms with E-state index in [0.29, 0.717) is 18.2 Å². The number of amides is 1. The zero-order valence-corrected chi connectivity index (χ0v) is 18.7. The van der Waals surface area contributed by atoms with Gasteiger partial charge in [-0.3, -0.25) is 4.79 Å². The van der Waals surface area contributed by atoms with Gasteiger partial charge >= 0.3 is 0 Å². The summed E-state index contributed by atoms with van der Waals surface area (Å²) in [6, 6.07) is 12.2. The summed E-state index contributed by atoms with van der Waals surface area (Å²) >= 11 is 1.55. The number of carbonyl (C=O) groups excluding carboxylic acids is 1. The highest BCUT2D eigenvalue weighted by Gasteiger charge is 2.20. The van der Waals surface area contributed by atoms with Crippen LogP contribution in [0.25, 0.3) is 21.3 Å². The van der Waals surface area contributed by atoms with Crippen molar-refractivity contribution in [2.45, 2.75) is 12.5 Å². The van der Waals surface area contributed by atoms with E-state index in [9.17, 15) is 9.18 Å². The van der Waals surface area contributed by atoms with Gasteiger partial charge in [0, 0.05) is 34.8 Å². The summed E-state index contributed by atoms with van der Waals surface area (Å²) in [6.07, 6.45) is 2.58. The Morgan fingerprint density at radius 1 is 1.24 bits per heavy atom. The number of halogens is 1. The molecule has 0 unspecified atom stereocenters. The average molecular weight is 464 g/mol. The van der Waals surface area contributed by atoms with Gasteiger partial charge in [-0.15, -0.1) is 11.3 Å². The van der Waals surface area contributed by atoms with Gasteiger partial charge in [0.25, 0.3) is 5.91 Å². The number of ether oxygens (including phenoxy) is 1. The van der Waals surface area contributed by atoms with Crippen LogP contribution in [0, 0.1) is 5.82 Å². The van der Waals surface area contributed by atoms with Gasteiger partial charge in [-0.25, -0.2) is 14.4 Å². The first-order chi connectivity index (χ1) is 16.1. The second kappa shape index (κ2) is 9.13. The van der Waals surface area contributed by atoms with E-state index in [1.54, 1.807) is 30.7 Å². The molecule has 1 saturated heterocycles. The number of nitrogens with zero attached hydrogens (tertiary/aromatic N) is 2. The maximum atomic E-state index is 14.7. The molecule has 0 aliphatic carbocycles. The summed E-state index contributed by atoms with van der Waals surface area (Å²) in [5, 5.41) is 11.1. The van der Waals surface area contributed by atoms with Crippen LogP contribution < -0.4 is 20.7 Å². The number of fused-ring (bicyclic) bond motifs is 1. The van der Waals surface area contributed by atoms with Crippen molar-refractivity contribution in [1.29, 1.82) is 0 Å². The number of nitrogens with one attached hydrogen (secondary N) is 3. The molecule has 2 aromatic carbocycles. The monoisotopic (exact) mass is 463 g/mol. The lowest BCUT2D eigenvalue weighted by atomic mass is 10.1. The second-order valence-electron chi connectivity index (χ2n) is 7.74. The van der Waals surface area contributed by atoms with Gasteiger partial charge in [0.15, 0.2) is 0 Å². The van der Waals surface area contributed by atoms with Crippen molar-refractivity contribution < 1.29 is 13.9 Å². The van der Waals surface area contributed by atoms with Gasteiger partial charge < -0.3 is 20.7 Å². The lowest BCUT2D eigenvalue weighted by molar-refractivity contribution is 0.0936. The fourth-order valence-electron chi connectivity index (χ4n) is 3.89. The molecular formula is C24H22FN5O2S. The predicted octanol–water partition coefficient (Wildman–Crippen LogP) is 4.34. The number of thiophene rings is 1. The normalized spacial score (nSPS) is 15.5. The molecule has 1 aliphatic heterocycles. The summed E-state index contributed by atoms with van der Waals surface area (Å²) in [7, 11) is 1.64. The van der Waals surface area contributed by atoms with Crippen molar-refractivity contribution >= 4 is 39.1 Å². The molecule has 168 valence electrons. The van der Waals surface area contributed by atoms with Crippen LogP contribution in [0.1, 0.15) is 16.8 Å². The number of aromatic nitrogens is 2. The van der Waals surface area contributed by atoms with Crippen molar-refractivity contribution in [2.75, 3.05) is 25.5 Å². The summed E-state index contributed by atoms with van der Waals surface area (Å²) in [4.78, 5) is 21.4. The molecule has 2 aromatic heterocycles. The molecule has 5 rings (SSSR count). The van der Waals surface area contributed by atoms with E-state index >= 15 is 0 Å². The quantitative estimate of drug-likeness (QED) is 0.394. The Bertz CT molecular complexity index is 1320. The Balaban J connectivity index is 1.39. The Hall–Kier alpha value is -3.56. The fourth-order valence-corrected chi connectivity index (χ4v) is 4.76. The minimum atomic E-state index is -0.602. The molecular weight excluding hydrogens is 441 g/mol. The maximum absolute atomic E-state index is 14.7. The molecule has 4 aromatic rings. The topological polar surface area (TPSA) is 88.2 Å². The van der Waals surface area contributed by atoms with Crippen molar-refractivity contribution in [3.05, 3.63) is 65.4 Å². The number of hydrogen-bond acceptors (Lipinski definition) is 7. The molecule has 3 N–H and O–H groups in total. The minimum Gasteiger partial charge on any atom is -0.496 e. The summed E-state index contributed by atoms with van der Waals surface area (Å²) in [6.45, 7) is 1.55. The van der Waals surface area contributed by atoms with E-state index in [-0.39, 0.29) is 11.6 Å². The highest BCUT2D eigenvalue weighted by atomic mass is 32.1. The van der Waals surface area contributed by atoms with E-state index in [1.165, 1.54) is 12.1 Å². The fraction of sp³-hybridized carbons (Fsp3) is 0.208. The number of methoxy groups -OCH3 is 1. The SMILES string of the molecule is COc1ccccc1-c1csc2cnc(Nc3ccc(C(=O)N[C@@H]4CCNC4)c(F)c3)nc12. The molecule has 3 heterocycles. The maximum Gasteiger partial charge on any atom is 0.254 e. The third-order valence-electron chi connectivity index (χ3n) is 5.58. The Labute approximate surface area is 194 Å². The highest BCUT2D eigenvalue weighted by Crippen LogP contribution is 2.37. The largest absolute Gasteiger partial charge is 0.496 e. The summed E-state index contributed by atoms with van der Waals surface area (Å²) < 4.78 is 21.1. The lowest BCUT2D eigenvalue weighted by Crippen LogP contribution is -2.36. The van der Waals surface area contributed by atoms with Gasteiger partial charge in [0.2, 0.25) is 5.95 Å². The summed E-state index contributed by atoms with van der Waals surface area (Å²) in [5.74, 6) is 0.0836. The highest BCUT2D eigenvalue weighted by molar-refractivity contribution is 7.17. The Kier molecular flexibility index (Phi) is 5.89. The number of benzene rings is 2. The van der Waals surface area contributed by atoms with Crippen molar-refractivity contribution in [3.8, 4) is 16.9 Å². The van der Waals surface area contributed by atoms with Crippen LogP contribution in [0.4, 0.5) is 16.0 Å². The summed E-state index contributed by atoms with van der Waals surface area (Å²) in [5.41, 5.74) is 3.14. The van der Waals surface area contributed by atoms with Gasteiger partial charge in [-0.2, -0.15) is 0 Å². The third-order valence-corrected chi connectivity index (χ3v) is 6.48. The standard InChI is InChI=1S/C24H22FN5O2S/c1-32-20-5-3-2-4-16(20)18-13-33-21-12-27-24(30-22(18)21)29-14-6-7-17(19(25)10-14)23(31)28-15-8-9-26-11-15/h2-7,10,12-13,15,26H,8-9,11H2,1H3,(H,28,31)(H,27,29,30)/t15-/m1/s1. The Morgan fingerprint density at radius 2 is 2.12 bits per heavy atom. The van der Waals surface area contributed by atoms with E-state index < -0.39 is 11.7 Å². The molecule has 1 atom stereocenters. The number of hydrogen-bond donors (Lipinski definition) is 3. The predicted molar refractivity (Wildman–Crippen MR) is 128 cm³/mol. The van der Waals surface area contributed by atoms with E-state index in [1.807, 2.05) is 29.6 Å². The van der Waals surface area contributed by atoms with Gasteiger partial charge in [0.1, 0.15) is 11.6 Å². The van der Waals surface area contributed by atoms with Gasteiger partial charge in [0.05, 0.1) is 29.1 Å².